The largest absolute Gasteiger partial charge is 0.381 e. The summed E-state index contributed by atoms with van der Waals surface area (Å²) in [5, 5.41) is 0. The summed E-state index contributed by atoms with van der Waals surface area (Å²) in [5.41, 5.74) is 0.318. The number of hydrogen-bond acceptors (Lipinski definition) is 3. The standard InChI is InChI=1S/C19H26FNO3/c1-13(19(23)14-5-4-6-15(20)12-14)11-18(22)21(2)16-7-9-17(24-3)10-8-16/h4-6,12-13,16-17H,7-11H2,1-3H3. The van der Waals surface area contributed by atoms with Crippen LogP contribution >= 0.6 is 0 Å². The molecule has 0 aliphatic heterocycles. The Morgan fingerprint density at radius 2 is 1.96 bits per heavy atom. The van der Waals surface area contributed by atoms with Gasteiger partial charge >= 0.3 is 0 Å². The number of ketones is 1. The van der Waals surface area contributed by atoms with Gasteiger partial charge in [-0.05, 0) is 37.8 Å². The average molecular weight is 335 g/mol. The molecular formula is C19H26FNO3. The molecule has 0 N–H and O–H groups in total. The molecule has 5 heteroatoms. The number of ether oxygens (including phenoxy) is 1. The summed E-state index contributed by atoms with van der Waals surface area (Å²) in [6.07, 6.45) is 4.20. The smallest absolute Gasteiger partial charge is 0.223 e. The van der Waals surface area contributed by atoms with Gasteiger partial charge in [0.1, 0.15) is 5.82 Å². The lowest BCUT2D eigenvalue weighted by molar-refractivity contribution is -0.133. The van der Waals surface area contributed by atoms with Crippen molar-refractivity contribution in [2.24, 2.45) is 5.92 Å². The number of hydrogen-bond donors (Lipinski definition) is 0. The minimum absolute atomic E-state index is 0.0341. The van der Waals surface area contributed by atoms with Crippen LogP contribution in [0.1, 0.15) is 49.4 Å². The first kappa shape index (κ1) is 18.6. The van der Waals surface area contributed by atoms with E-state index in [-0.39, 0.29) is 24.2 Å². The quantitative estimate of drug-likeness (QED) is 0.748. The fourth-order valence-electron chi connectivity index (χ4n) is 3.30. The molecule has 132 valence electrons. The number of carbonyl (C=O) groups excluding carboxylic acids is 2. The van der Waals surface area contributed by atoms with E-state index in [9.17, 15) is 14.0 Å². The van der Waals surface area contributed by atoms with E-state index in [4.69, 9.17) is 4.74 Å². The van der Waals surface area contributed by atoms with Crippen LogP contribution in [0.15, 0.2) is 24.3 Å². The molecule has 1 fully saturated rings. The van der Waals surface area contributed by atoms with Crippen molar-refractivity contribution in [3.8, 4) is 0 Å². The first-order chi connectivity index (χ1) is 11.4. The van der Waals surface area contributed by atoms with Gasteiger partial charge in [-0.15, -0.1) is 0 Å². The Kier molecular flexibility index (Phi) is 6.49. The van der Waals surface area contributed by atoms with Crippen molar-refractivity contribution in [3.05, 3.63) is 35.6 Å². The van der Waals surface area contributed by atoms with Gasteiger partial charge in [-0.3, -0.25) is 9.59 Å². The third kappa shape index (κ3) is 4.63. The maximum atomic E-state index is 13.2. The summed E-state index contributed by atoms with van der Waals surface area (Å²) in [6, 6.07) is 5.83. The van der Waals surface area contributed by atoms with Gasteiger partial charge in [0.05, 0.1) is 6.10 Å². The second-order valence-electron chi connectivity index (χ2n) is 6.65. The van der Waals surface area contributed by atoms with Crippen molar-refractivity contribution in [1.29, 1.82) is 0 Å². The Balaban J connectivity index is 1.90. The topological polar surface area (TPSA) is 46.6 Å². The highest BCUT2D eigenvalue weighted by Crippen LogP contribution is 2.25. The van der Waals surface area contributed by atoms with E-state index >= 15 is 0 Å². The fourth-order valence-corrected chi connectivity index (χ4v) is 3.30. The zero-order chi connectivity index (χ0) is 17.7. The highest BCUT2D eigenvalue weighted by Gasteiger charge is 2.28. The van der Waals surface area contributed by atoms with Crippen molar-refractivity contribution < 1.29 is 18.7 Å². The van der Waals surface area contributed by atoms with Crippen molar-refractivity contribution in [2.45, 2.75) is 51.2 Å². The first-order valence-electron chi connectivity index (χ1n) is 8.50. The van der Waals surface area contributed by atoms with Gasteiger partial charge in [0.25, 0.3) is 0 Å². The van der Waals surface area contributed by atoms with Gasteiger partial charge < -0.3 is 9.64 Å². The van der Waals surface area contributed by atoms with Gasteiger partial charge in [-0.25, -0.2) is 4.39 Å². The minimum atomic E-state index is -0.461. The molecule has 0 radical (unpaired) electrons. The van der Waals surface area contributed by atoms with E-state index < -0.39 is 11.7 Å². The van der Waals surface area contributed by atoms with Crippen LogP contribution in [0.25, 0.3) is 0 Å². The van der Waals surface area contributed by atoms with Crippen LogP contribution in [0.2, 0.25) is 0 Å². The molecule has 0 spiro atoms. The molecule has 1 aliphatic rings. The molecule has 4 nitrogen and oxygen atoms in total. The third-order valence-corrected chi connectivity index (χ3v) is 4.96. The van der Waals surface area contributed by atoms with E-state index in [1.165, 1.54) is 18.2 Å². The van der Waals surface area contributed by atoms with Crippen LogP contribution in [-0.2, 0) is 9.53 Å². The summed E-state index contributed by atoms with van der Waals surface area (Å²) in [7, 11) is 3.53. The van der Waals surface area contributed by atoms with Gasteiger partial charge in [-0.1, -0.05) is 19.1 Å². The second-order valence-corrected chi connectivity index (χ2v) is 6.65. The number of Topliss-reactive ketones (excluding diaryl/α,β-unsaturated/α-hetero) is 1. The zero-order valence-electron chi connectivity index (χ0n) is 14.6. The monoisotopic (exact) mass is 335 g/mol. The maximum absolute atomic E-state index is 13.2. The molecule has 1 aromatic carbocycles. The van der Waals surface area contributed by atoms with Crippen LogP contribution in [0, 0.1) is 11.7 Å². The number of benzene rings is 1. The molecule has 0 heterocycles. The number of nitrogens with zero attached hydrogens (tertiary/aromatic N) is 1. The van der Waals surface area contributed by atoms with E-state index in [0.29, 0.717) is 11.7 Å². The Bertz CT molecular complexity index is 582. The SMILES string of the molecule is COC1CCC(N(C)C(=O)CC(C)C(=O)c2cccc(F)c2)CC1. The normalized spacial score (nSPS) is 22.0. The third-order valence-electron chi connectivity index (χ3n) is 4.96. The Morgan fingerprint density at radius 3 is 2.54 bits per heavy atom. The molecule has 2 rings (SSSR count). The van der Waals surface area contributed by atoms with Crippen molar-refractivity contribution in [3.63, 3.8) is 0 Å². The van der Waals surface area contributed by atoms with E-state index in [1.54, 1.807) is 32.0 Å². The molecule has 1 aromatic rings. The molecule has 24 heavy (non-hydrogen) atoms. The van der Waals surface area contributed by atoms with Crippen molar-refractivity contribution in [2.75, 3.05) is 14.2 Å². The highest BCUT2D eigenvalue weighted by molar-refractivity contribution is 5.99. The summed E-state index contributed by atoms with van der Waals surface area (Å²) < 4.78 is 18.6. The summed E-state index contributed by atoms with van der Waals surface area (Å²) in [6.45, 7) is 1.72. The van der Waals surface area contributed by atoms with E-state index in [1.807, 2.05) is 0 Å². The number of rotatable bonds is 6. The summed E-state index contributed by atoms with van der Waals surface area (Å²) in [4.78, 5) is 26.6. The number of amides is 1. The first-order valence-corrected chi connectivity index (χ1v) is 8.50. The van der Waals surface area contributed by atoms with Gasteiger partial charge in [-0.2, -0.15) is 0 Å². The molecule has 1 amide bonds. The molecule has 0 saturated heterocycles. The van der Waals surface area contributed by atoms with Crippen LogP contribution < -0.4 is 0 Å². The van der Waals surface area contributed by atoms with Crippen LogP contribution in [-0.4, -0.2) is 42.9 Å². The van der Waals surface area contributed by atoms with Gasteiger partial charge in [0.2, 0.25) is 5.91 Å². The summed E-state index contributed by atoms with van der Waals surface area (Å²) in [5.74, 6) is -1.13. The van der Waals surface area contributed by atoms with Crippen molar-refractivity contribution in [1.82, 2.24) is 4.90 Å². The second kappa shape index (κ2) is 8.38. The predicted molar refractivity (Wildman–Crippen MR) is 90.3 cm³/mol. The lowest BCUT2D eigenvalue weighted by atomic mass is 9.91. The lowest BCUT2D eigenvalue weighted by Gasteiger charge is -2.34. The minimum Gasteiger partial charge on any atom is -0.381 e. The zero-order valence-corrected chi connectivity index (χ0v) is 14.6. The molecule has 0 bridgehead atoms. The molecule has 0 aromatic heterocycles. The van der Waals surface area contributed by atoms with Crippen LogP contribution in [0.3, 0.4) is 0 Å². The summed E-state index contributed by atoms with van der Waals surface area (Å²) >= 11 is 0. The average Bonchev–Trinajstić information content (AvgIpc) is 2.60. The number of halogens is 1. The Hall–Kier alpha value is -1.75. The fraction of sp³-hybridized carbons (Fsp3) is 0.579. The lowest BCUT2D eigenvalue weighted by Crippen LogP contribution is -2.41. The Morgan fingerprint density at radius 1 is 1.29 bits per heavy atom. The van der Waals surface area contributed by atoms with E-state index in [0.717, 1.165) is 25.7 Å². The predicted octanol–water partition coefficient (Wildman–Crippen LogP) is 3.45. The van der Waals surface area contributed by atoms with Gasteiger partial charge in [0, 0.05) is 38.1 Å². The molecule has 1 atom stereocenters. The van der Waals surface area contributed by atoms with Crippen LogP contribution in [0.5, 0.6) is 0 Å². The molecule has 1 aliphatic carbocycles. The number of carbonyl (C=O) groups is 2. The molecular weight excluding hydrogens is 309 g/mol. The molecule has 1 unspecified atom stereocenters. The number of methoxy groups -OCH3 is 1. The highest BCUT2D eigenvalue weighted by atomic mass is 19.1. The van der Waals surface area contributed by atoms with Crippen molar-refractivity contribution >= 4 is 11.7 Å². The van der Waals surface area contributed by atoms with Crippen LogP contribution in [0.4, 0.5) is 4.39 Å². The van der Waals surface area contributed by atoms with E-state index in [2.05, 4.69) is 0 Å². The Labute approximate surface area is 143 Å². The maximum Gasteiger partial charge on any atom is 0.223 e. The molecule has 1 saturated carbocycles. The van der Waals surface area contributed by atoms with Gasteiger partial charge in [0.15, 0.2) is 5.78 Å².